The van der Waals surface area contributed by atoms with Crippen molar-refractivity contribution in [2.75, 3.05) is 0 Å². The van der Waals surface area contributed by atoms with Gasteiger partial charge in [0.2, 0.25) is 0 Å². The lowest BCUT2D eigenvalue weighted by Gasteiger charge is -2.22. The minimum Gasteiger partial charge on any atom is -0.0913 e. The van der Waals surface area contributed by atoms with Crippen molar-refractivity contribution in [1.29, 1.82) is 0 Å². The number of allylic oxidation sites excluding steroid dienone is 4. The number of rotatable bonds is 3. The van der Waals surface area contributed by atoms with Crippen LogP contribution >= 0.6 is 0 Å². The first-order valence-electron chi connectivity index (χ1n) is 4.83. The quantitative estimate of drug-likeness (QED) is 0.547. The van der Waals surface area contributed by atoms with Gasteiger partial charge in [-0.3, -0.25) is 0 Å². The van der Waals surface area contributed by atoms with Gasteiger partial charge in [0.25, 0.3) is 0 Å². The van der Waals surface area contributed by atoms with Gasteiger partial charge in [-0.2, -0.15) is 0 Å². The van der Waals surface area contributed by atoms with Gasteiger partial charge in [0.05, 0.1) is 0 Å². The van der Waals surface area contributed by atoms with Gasteiger partial charge in [-0.25, -0.2) is 0 Å². The highest BCUT2D eigenvalue weighted by molar-refractivity contribution is 5.14. The van der Waals surface area contributed by atoms with E-state index in [-0.39, 0.29) is 0 Å². The van der Waals surface area contributed by atoms with E-state index in [1.807, 2.05) is 0 Å². The fourth-order valence-electron chi connectivity index (χ4n) is 1.19. The molecule has 0 heteroatoms. The van der Waals surface area contributed by atoms with Crippen LogP contribution in [0.25, 0.3) is 0 Å². The van der Waals surface area contributed by atoms with E-state index in [1.165, 1.54) is 0 Å². The third-order valence-corrected chi connectivity index (χ3v) is 1.99. The van der Waals surface area contributed by atoms with Crippen LogP contribution in [0.2, 0.25) is 0 Å². The monoisotopic (exact) mass is 166 g/mol. The highest BCUT2D eigenvalue weighted by Gasteiger charge is 2.14. The molecule has 0 aromatic heterocycles. The first kappa shape index (κ1) is 11.5. The molecule has 12 heavy (non-hydrogen) atoms. The number of hydrogen-bond acceptors (Lipinski definition) is 0. The maximum atomic E-state index is 2.35. The van der Waals surface area contributed by atoms with Crippen molar-refractivity contribution in [3.8, 4) is 0 Å². The van der Waals surface area contributed by atoms with Crippen molar-refractivity contribution in [3.63, 3.8) is 0 Å². The van der Waals surface area contributed by atoms with Gasteiger partial charge in [0.15, 0.2) is 0 Å². The second-order valence-electron chi connectivity index (χ2n) is 4.16. The van der Waals surface area contributed by atoms with E-state index in [9.17, 15) is 0 Å². The minimum absolute atomic E-state index is 0.329. The average Bonchev–Trinajstić information content (AvgIpc) is 1.95. The highest BCUT2D eigenvalue weighted by atomic mass is 14.2. The van der Waals surface area contributed by atoms with Gasteiger partial charge in [0.1, 0.15) is 0 Å². The van der Waals surface area contributed by atoms with Crippen LogP contribution in [0.15, 0.2) is 23.8 Å². The molecule has 0 aliphatic rings. The van der Waals surface area contributed by atoms with Gasteiger partial charge < -0.3 is 0 Å². The summed E-state index contributed by atoms with van der Waals surface area (Å²) >= 11 is 0. The Balaban J connectivity index is 4.35. The molecule has 0 heterocycles. The zero-order valence-electron chi connectivity index (χ0n) is 9.15. The smallest absolute Gasteiger partial charge is 0.0134 e. The van der Waals surface area contributed by atoms with Crippen molar-refractivity contribution in [1.82, 2.24) is 0 Å². The molecule has 0 aliphatic carbocycles. The second kappa shape index (κ2) is 5.18. The predicted octanol–water partition coefficient (Wildman–Crippen LogP) is 4.34. The maximum absolute atomic E-state index is 2.35. The van der Waals surface area contributed by atoms with Crippen LogP contribution in [-0.2, 0) is 0 Å². The molecule has 0 atom stereocenters. The Morgan fingerprint density at radius 3 is 2.17 bits per heavy atom. The first-order chi connectivity index (χ1) is 5.52. The normalized spacial score (nSPS) is 14.2. The SMILES string of the molecule is C/C=C\C/C(=C\CC)C(C)(C)C. The Morgan fingerprint density at radius 1 is 1.25 bits per heavy atom. The molecule has 0 aromatic rings. The van der Waals surface area contributed by atoms with Gasteiger partial charge in [0, 0.05) is 0 Å². The van der Waals surface area contributed by atoms with Gasteiger partial charge in [-0.1, -0.05) is 51.5 Å². The van der Waals surface area contributed by atoms with E-state index in [4.69, 9.17) is 0 Å². The van der Waals surface area contributed by atoms with E-state index in [1.54, 1.807) is 5.57 Å². The molecule has 0 amide bonds. The molecule has 0 aromatic carbocycles. The molecule has 70 valence electrons. The third-order valence-electron chi connectivity index (χ3n) is 1.99. The van der Waals surface area contributed by atoms with Crippen LogP contribution in [0, 0.1) is 5.41 Å². The van der Waals surface area contributed by atoms with E-state index < -0.39 is 0 Å². The Hall–Kier alpha value is -0.520. The molecule has 0 radical (unpaired) electrons. The zero-order valence-corrected chi connectivity index (χ0v) is 9.15. The van der Waals surface area contributed by atoms with Crippen LogP contribution in [0.3, 0.4) is 0 Å². The molecule has 0 unspecified atom stereocenters. The lowest BCUT2D eigenvalue weighted by atomic mass is 9.84. The lowest BCUT2D eigenvalue weighted by Crippen LogP contribution is -2.08. The molecule has 0 spiro atoms. The topological polar surface area (TPSA) is 0 Å². The molecule has 0 saturated heterocycles. The fraction of sp³-hybridized carbons (Fsp3) is 0.667. The predicted molar refractivity (Wildman–Crippen MR) is 57.3 cm³/mol. The summed E-state index contributed by atoms with van der Waals surface area (Å²) in [4.78, 5) is 0. The summed E-state index contributed by atoms with van der Waals surface area (Å²) in [6, 6.07) is 0. The molecule has 0 N–H and O–H groups in total. The maximum Gasteiger partial charge on any atom is -0.0134 e. The summed E-state index contributed by atoms with van der Waals surface area (Å²) in [7, 11) is 0. The fourth-order valence-corrected chi connectivity index (χ4v) is 1.19. The molecule has 0 fully saturated rings. The Kier molecular flexibility index (Phi) is 4.96. The third kappa shape index (κ3) is 4.38. The van der Waals surface area contributed by atoms with Gasteiger partial charge in [-0.05, 0) is 25.2 Å². The van der Waals surface area contributed by atoms with Crippen molar-refractivity contribution < 1.29 is 0 Å². The summed E-state index contributed by atoms with van der Waals surface area (Å²) in [6.45, 7) is 11.1. The Morgan fingerprint density at radius 2 is 1.83 bits per heavy atom. The van der Waals surface area contributed by atoms with Crippen LogP contribution in [-0.4, -0.2) is 0 Å². The van der Waals surface area contributed by atoms with Crippen LogP contribution < -0.4 is 0 Å². The van der Waals surface area contributed by atoms with E-state index in [0.29, 0.717) is 5.41 Å². The summed E-state index contributed by atoms with van der Waals surface area (Å²) in [5.41, 5.74) is 1.87. The van der Waals surface area contributed by atoms with Crippen LogP contribution in [0.1, 0.15) is 47.5 Å². The van der Waals surface area contributed by atoms with Crippen molar-refractivity contribution >= 4 is 0 Å². The standard InChI is InChI=1S/C12H22/c1-6-8-10-11(9-7-2)12(3,4)5/h6,8-9H,7,10H2,1-5H3/b8-6-,11-9+. The first-order valence-corrected chi connectivity index (χ1v) is 4.83. The van der Waals surface area contributed by atoms with Crippen molar-refractivity contribution in [2.45, 2.75) is 47.5 Å². The van der Waals surface area contributed by atoms with Crippen LogP contribution in [0.4, 0.5) is 0 Å². The minimum atomic E-state index is 0.329. The Labute approximate surface area is 77.4 Å². The molecule has 0 aliphatic heterocycles. The largest absolute Gasteiger partial charge is 0.0913 e. The van der Waals surface area contributed by atoms with Crippen LogP contribution in [0.5, 0.6) is 0 Å². The molecule has 0 bridgehead atoms. The van der Waals surface area contributed by atoms with Crippen molar-refractivity contribution in [3.05, 3.63) is 23.8 Å². The summed E-state index contributed by atoms with van der Waals surface area (Å²) in [5.74, 6) is 0. The van der Waals surface area contributed by atoms with E-state index in [2.05, 4.69) is 52.8 Å². The lowest BCUT2D eigenvalue weighted by molar-refractivity contribution is 0.491. The molecular formula is C12H22. The number of hydrogen-bond donors (Lipinski definition) is 0. The van der Waals surface area contributed by atoms with E-state index >= 15 is 0 Å². The van der Waals surface area contributed by atoms with Gasteiger partial charge in [-0.15, -0.1) is 0 Å². The van der Waals surface area contributed by atoms with Gasteiger partial charge >= 0.3 is 0 Å². The molecule has 0 nitrogen and oxygen atoms in total. The summed E-state index contributed by atoms with van der Waals surface area (Å²) in [5, 5.41) is 0. The highest BCUT2D eigenvalue weighted by Crippen LogP contribution is 2.28. The summed E-state index contributed by atoms with van der Waals surface area (Å²) in [6.07, 6.45) is 8.94. The zero-order chi connectivity index (χ0) is 9.61. The van der Waals surface area contributed by atoms with Crippen molar-refractivity contribution in [2.24, 2.45) is 5.41 Å². The Bertz CT molecular complexity index is 165. The molecule has 0 saturated carbocycles. The van der Waals surface area contributed by atoms with E-state index in [0.717, 1.165) is 12.8 Å². The average molecular weight is 166 g/mol. The molecular weight excluding hydrogens is 144 g/mol. The molecule has 0 rings (SSSR count). The second-order valence-corrected chi connectivity index (χ2v) is 4.16. The summed E-state index contributed by atoms with van der Waals surface area (Å²) < 4.78 is 0.